The molecular weight excluding hydrogens is 256 g/mol. The highest BCUT2D eigenvalue weighted by Gasteiger charge is 2.11. The van der Waals surface area contributed by atoms with Gasteiger partial charge in [-0.15, -0.1) is 0 Å². The van der Waals surface area contributed by atoms with E-state index in [4.69, 9.17) is 4.74 Å². The largest absolute Gasteiger partial charge is 0.508 e. The van der Waals surface area contributed by atoms with Crippen LogP contribution in [0.3, 0.4) is 0 Å². The topological polar surface area (TPSA) is 74.6 Å². The van der Waals surface area contributed by atoms with Crippen LogP contribution in [0.5, 0.6) is 17.4 Å². The van der Waals surface area contributed by atoms with Crippen molar-refractivity contribution in [3.63, 3.8) is 0 Å². The first-order valence-electron chi connectivity index (χ1n) is 6.47. The molecule has 1 heterocycles. The van der Waals surface area contributed by atoms with Gasteiger partial charge in [-0.25, -0.2) is 4.98 Å². The van der Waals surface area contributed by atoms with E-state index < -0.39 is 0 Å². The molecule has 0 spiro atoms. The lowest BCUT2D eigenvalue weighted by atomic mass is 10.1. The summed E-state index contributed by atoms with van der Waals surface area (Å²) in [5.41, 5.74) is 1.53. The first-order valence-corrected chi connectivity index (χ1v) is 6.47. The summed E-state index contributed by atoms with van der Waals surface area (Å²) in [5, 5.41) is 22.3. The molecule has 1 aromatic carbocycles. The van der Waals surface area contributed by atoms with Crippen molar-refractivity contribution in [1.82, 2.24) is 4.98 Å². The summed E-state index contributed by atoms with van der Waals surface area (Å²) in [6, 6.07) is 8.09. The van der Waals surface area contributed by atoms with Crippen molar-refractivity contribution in [2.75, 3.05) is 11.9 Å². The molecule has 5 nitrogen and oxygen atoms in total. The maximum absolute atomic E-state index is 9.82. The third-order valence-corrected chi connectivity index (χ3v) is 2.89. The Hall–Kier alpha value is -2.43. The number of pyridine rings is 1. The average Bonchev–Trinajstić information content (AvgIpc) is 2.41. The minimum absolute atomic E-state index is 0.0428. The second-order valence-corrected chi connectivity index (χ2v) is 4.43. The third-order valence-electron chi connectivity index (χ3n) is 2.89. The maximum atomic E-state index is 9.82. The molecule has 1 unspecified atom stereocenters. The van der Waals surface area contributed by atoms with Crippen LogP contribution in [0, 0.1) is 0 Å². The van der Waals surface area contributed by atoms with Crippen LogP contribution >= 0.6 is 0 Å². The van der Waals surface area contributed by atoms with Gasteiger partial charge in [0.05, 0.1) is 24.5 Å². The van der Waals surface area contributed by atoms with E-state index in [1.807, 2.05) is 19.9 Å². The number of phenolic OH excluding ortho intramolecular Hbond substituents is 2. The fourth-order valence-electron chi connectivity index (χ4n) is 1.92. The number of ether oxygens (including phenoxy) is 1. The van der Waals surface area contributed by atoms with Crippen molar-refractivity contribution in [3.05, 3.63) is 42.1 Å². The Morgan fingerprint density at radius 2 is 2.05 bits per heavy atom. The number of rotatable bonds is 5. The lowest BCUT2D eigenvalue weighted by Gasteiger charge is -2.17. The van der Waals surface area contributed by atoms with Gasteiger partial charge < -0.3 is 20.3 Å². The van der Waals surface area contributed by atoms with Crippen LogP contribution in [-0.2, 0) is 0 Å². The molecule has 0 aliphatic carbocycles. The molecule has 3 N–H and O–H groups in total. The summed E-state index contributed by atoms with van der Waals surface area (Å²) in [6.07, 6.45) is 1.68. The molecule has 0 saturated heterocycles. The second-order valence-electron chi connectivity index (χ2n) is 4.43. The Morgan fingerprint density at radius 1 is 1.25 bits per heavy atom. The molecule has 2 aromatic rings. The van der Waals surface area contributed by atoms with E-state index >= 15 is 0 Å². The van der Waals surface area contributed by atoms with Crippen LogP contribution in [0.2, 0.25) is 0 Å². The predicted molar refractivity (Wildman–Crippen MR) is 77.2 cm³/mol. The van der Waals surface area contributed by atoms with E-state index in [2.05, 4.69) is 10.3 Å². The van der Waals surface area contributed by atoms with Crippen molar-refractivity contribution in [2.24, 2.45) is 0 Å². The summed E-state index contributed by atoms with van der Waals surface area (Å²) >= 11 is 0. The molecular formula is C15H18N2O3. The van der Waals surface area contributed by atoms with Crippen molar-refractivity contribution in [1.29, 1.82) is 0 Å². The monoisotopic (exact) mass is 274 g/mol. The fraction of sp³-hybridized carbons (Fsp3) is 0.267. The zero-order valence-corrected chi connectivity index (χ0v) is 11.5. The molecule has 0 amide bonds. The Bertz CT molecular complexity index is 570. The number of hydrogen-bond donors (Lipinski definition) is 3. The number of anilines is 1. The van der Waals surface area contributed by atoms with Crippen molar-refractivity contribution in [3.8, 4) is 17.4 Å². The molecule has 1 atom stereocenters. The van der Waals surface area contributed by atoms with Gasteiger partial charge in [0.15, 0.2) is 0 Å². The zero-order valence-electron chi connectivity index (χ0n) is 11.5. The van der Waals surface area contributed by atoms with Gasteiger partial charge in [-0.3, -0.25) is 0 Å². The standard InChI is InChI=1S/C15H18N2O3/c1-3-20-15-7-4-11(9-16-15)17-10(2)13-6-5-12(18)8-14(13)19/h4-10,17-19H,3H2,1-2H3. The van der Waals surface area contributed by atoms with Gasteiger partial charge in [-0.2, -0.15) is 0 Å². The number of nitrogens with one attached hydrogen (secondary N) is 1. The summed E-state index contributed by atoms with van der Waals surface area (Å²) in [6.45, 7) is 4.41. The molecule has 1 aromatic heterocycles. The van der Waals surface area contributed by atoms with Crippen LogP contribution in [0.1, 0.15) is 25.5 Å². The lowest BCUT2D eigenvalue weighted by molar-refractivity contribution is 0.327. The van der Waals surface area contributed by atoms with Gasteiger partial charge in [0.2, 0.25) is 5.88 Å². The molecule has 20 heavy (non-hydrogen) atoms. The van der Waals surface area contributed by atoms with E-state index in [1.165, 1.54) is 6.07 Å². The van der Waals surface area contributed by atoms with Crippen LogP contribution in [0.4, 0.5) is 5.69 Å². The number of aromatic hydroxyl groups is 2. The van der Waals surface area contributed by atoms with E-state index in [0.717, 1.165) is 5.69 Å². The van der Waals surface area contributed by atoms with Crippen molar-refractivity contribution >= 4 is 5.69 Å². The van der Waals surface area contributed by atoms with Gasteiger partial charge in [-0.1, -0.05) is 0 Å². The Morgan fingerprint density at radius 3 is 2.65 bits per heavy atom. The number of benzene rings is 1. The Kier molecular flexibility index (Phi) is 4.30. The van der Waals surface area contributed by atoms with E-state index in [1.54, 1.807) is 24.4 Å². The summed E-state index contributed by atoms with van der Waals surface area (Å²) < 4.78 is 5.28. The molecule has 0 fully saturated rings. The first-order chi connectivity index (χ1) is 9.60. The minimum Gasteiger partial charge on any atom is -0.508 e. The highest BCUT2D eigenvalue weighted by atomic mass is 16.5. The van der Waals surface area contributed by atoms with Crippen LogP contribution in [-0.4, -0.2) is 21.8 Å². The van der Waals surface area contributed by atoms with Crippen LogP contribution in [0.15, 0.2) is 36.5 Å². The van der Waals surface area contributed by atoms with Crippen molar-refractivity contribution in [2.45, 2.75) is 19.9 Å². The Labute approximate surface area is 117 Å². The minimum atomic E-state index is -0.115. The quantitative estimate of drug-likeness (QED) is 0.781. The maximum Gasteiger partial charge on any atom is 0.213 e. The number of nitrogens with zero attached hydrogens (tertiary/aromatic N) is 1. The normalized spacial score (nSPS) is 11.9. The molecule has 0 radical (unpaired) electrons. The molecule has 0 saturated carbocycles. The molecule has 106 valence electrons. The van der Waals surface area contributed by atoms with E-state index in [-0.39, 0.29) is 17.5 Å². The summed E-state index contributed by atoms with van der Waals surface area (Å²) in [7, 11) is 0. The molecule has 0 aliphatic rings. The summed E-state index contributed by atoms with van der Waals surface area (Å²) in [5.74, 6) is 0.684. The van der Waals surface area contributed by atoms with Gasteiger partial charge in [-0.05, 0) is 32.0 Å². The van der Waals surface area contributed by atoms with Gasteiger partial charge >= 0.3 is 0 Å². The lowest BCUT2D eigenvalue weighted by Crippen LogP contribution is -2.07. The molecule has 5 heteroatoms. The smallest absolute Gasteiger partial charge is 0.213 e. The highest BCUT2D eigenvalue weighted by Crippen LogP contribution is 2.29. The number of phenols is 2. The summed E-state index contributed by atoms with van der Waals surface area (Å²) in [4.78, 5) is 4.16. The number of hydrogen-bond acceptors (Lipinski definition) is 5. The Balaban J connectivity index is 2.08. The zero-order chi connectivity index (χ0) is 14.5. The van der Waals surface area contributed by atoms with Gasteiger partial charge in [0, 0.05) is 17.7 Å². The second kappa shape index (κ2) is 6.14. The van der Waals surface area contributed by atoms with E-state index in [0.29, 0.717) is 18.1 Å². The molecule has 0 bridgehead atoms. The molecule has 2 rings (SSSR count). The van der Waals surface area contributed by atoms with Crippen LogP contribution in [0.25, 0.3) is 0 Å². The fourth-order valence-corrected chi connectivity index (χ4v) is 1.92. The van der Waals surface area contributed by atoms with Crippen molar-refractivity contribution < 1.29 is 14.9 Å². The SMILES string of the molecule is CCOc1ccc(NC(C)c2ccc(O)cc2O)cn1. The average molecular weight is 274 g/mol. The first kappa shape index (κ1) is 14.0. The highest BCUT2D eigenvalue weighted by molar-refractivity contribution is 5.48. The van der Waals surface area contributed by atoms with Crippen LogP contribution < -0.4 is 10.1 Å². The predicted octanol–water partition coefficient (Wildman–Crippen LogP) is 3.06. The van der Waals surface area contributed by atoms with Gasteiger partial charge in [0.25, 0.3) is 0 Å². The van der Waals surface area contributed by atoms with Gasteiger partial charge in [0.1, 0.15) is 11.5 Å². The number of aromatic nitrogens is 1. The third kappa shape index (κ3) is 3.32. The molecule has 0 aliphatic heterocycles. The van der Waals surface area contributed by atoms with E-state index in [9.17, 15) is 10.2 Å².